The standard InChI is InChI=1S/C14H18N4O2S/c1-8-12(9(2)20-18-8)13(19)17-14-16-7-11(21-14)10-3-5-15-6-4-10/h7,10,15H,3-6H2,1-2H3,(H,16,17,19). The normalized spacial score (nSPS) is 16.1. The fourth-order valence-corrected chi connectivity index (χ4v) is 3.59. The van der Waals surface area contributed by atoms with Gasteiger partial charge in [-0.3, -0.25) is 10.1 Å². The number of aryl methyl sites for hydroxylation is 2. The van der Waals surface area contributed by atoms with Gasteiger partial charge in [-0.05, 0) is 45.7 Å². The Bertz CT molecular complexity index is 624. The first-order valence-electron chi connectivity index (χ1n) is 7.06. The summed E-state index contributed by atoms with van der Waals surface area (Å²) in [7, 11) is 0. The van der Waals surface area contributed by atoms with Gasteiger partial charge in [-0.25, -0.2) is 4.98 Å². The van der Waals surface area contributed by atoms with Crippen LogP contribution < -0.4 is 10.6 Å². The Kier molecular flexibility index (Phi) is 4.03. The average Bonchev–Trinajstić information content (AvgIpc) is 3.07. The van der Waals surface area contributed by atoms with Crippen LogP contribution in [0, 0.1) is 13.8 Å². The Hall–Kier alpha value is -1.73. The van der Waals surface area contributed by atoms with Gasteiger partial charge in [-0.15, -0.1) is 11.3 Å². The largest absolute Gasteiger partial charge is 0.361 e. The van der Waals surface area contributed by atoms with Crippen molar-refractivity contribution in [2.24, 2.45) is 0 Å². The van der Waals surface area contributed by atoms with E-state index in [-0.39, 0.29) is 5.91 Å². The molecule has 2 N–H and O–H groups in total. The number of carbonyl (C=O) groups is 1. The lowest BCUT2D eigenvalue weighted by molar-refractivity contribution is 0.102. The summed E-state index contributed by atoms with van der Waals surface area (Å²) in [5, 5.41) is 10.6. The maximum Gasteiger partial charge on any atom is 0.262 e. The summed E-state index contributed by atoms with van der Waals surface area (Å²) in [5.41, 5.74) is 1.09. The molecular formula is C14H18N4O2S. The van der Waals surface area contributed by atoms with E-state index in [0.29, 0.717) is 28.1 Å². The zero-order valence-electron chi connectivity index (χ0n) is 12.1. The van der Waals surface area contributed by atoms with Gasteiger partial charge < -0.3 is 9.84 Å². The first-order valence-corrected chi connectivity index (χ1v) is 7.87. The van der Waals surface area contributed by atoms with Crippen LogP contribution in [0.5, 0.6) is 0 Å². The number of hydrogen-bond donors (Lipinski definition) is 2. The van der Waals surface area contributed by atoms with Crippen LogP contribution in [0.2, 0.25) is 0 Å². The summed E-state index contributed by atoms with van der Waals surface area (Å²) in [5.74, 6) is 0.867. The van der Waals surface area contributed by atoms with Crippen molar-refractivity contribution in [3.05, 3.63) is 28.1 Å². The molecule has 1 fully saturated rings. The summed E-state index contributed by atoms with van der Waals surface area (Å²) in [6, 6.07) is 0. The second-order valence-corrected chi connectivity index (χ2v) is 6.31. The molecule has 0 radical (unpaired) electrons. The van der Waals surface area contributed by atoms with Crippen molar-refractivity contribution in [1.82, 2.24) is 15.5 Å². The number of piperidine rings is 1. The third-order valence-corrected chi connectivity index (χ3v) is 4.82. The maximum absolute atomic E-state index is 12.2. The first-order chi connectivity index (χ1) is 10.1. The molecule has 1 amide bonds. The summed E-state index contributed by atoms with van der Waals surface area (Å²) in [6.07, 6.45) is 4.13. The van der Waals surface area contributed by atoms with E-state index in [4.69, 9.17) is 4.52 Å². The van der Waals surface area contributed by atoms with Gasteiger partial charge in [-0.2, -0.15) is 0 Å². The molecule has 7 heteroatoms. The van der Waals surface area contributed by atoms with Gasteiger partial charge in [-0.1, -0.05) is 5.16 Å². The van der Waals surface area contributed by atoms with Crippen LogP contribution in [0.1, 0.15) is 45.4 Å². The molecule has 0 atom stereocenters. The highest BCUT2D eigenvalue weighted by molar-refractivity contribution is 7.15. The molecule has 1 aliphatic heterocycles. The molecule has 2 aromatic rings. The van der Waals surface area contributed by atoms with Gasteiger partial charge in [0.2, 0.25) is 0 Å². The molecule has 1 saturated heterocycles. The predicted octanol–water partition coefficient (Wildman–Crippen LogP) is 2.47. The molecule has 112 valence electrons. The number of amides is 1. The second-order valence-electron chi connectivity index (χ2n) is 5.25. The second kappa shape index (κ2) is 5.95. The van der Waals surface area contributed by atoms with Gasteiger partial charge in [0.25, 0.3) is 5.91 Å². The quantitative estimate of drug-likeness (QED) is 0.910. The first kappa shape index (κ1) is 14.2. The van der Waals surface area contributed by atoms with E-state index in [1.54, 1.807) is 25.2 Å². The molecule has 1 aliphatic rings. The minimum absolute atomic E-state index is 0.211. The Morgan fingerprint density at radius 2 is 2.19 bits per heavy atom. The lowest BCUT2D eigenvalue weighted by atomic mass is 9.97. The number of anilines is 1. The van der Waals surface area contributed by atoms with Crippen LogP contribution >= 0.6 is 11.3 Å². The lowest BCUT2D eigenvalue weighted by Crippen LogP contribution is -2.26. The summed E-state index contributed by atoms with van der Waals surface area (Å²) >= 11 is 1.55. The van der Waals surface area contributed by atoms with E-state index >= 15 is 0 Å². The van der Waals surface area contributed by atoms with Crippen LogP contribution in [-0.4, -0.2) is 29.1 Å². The van der Waals surface area contributed by atoms with Gasteiger partial charge in [0.1, 0.15) is 11.3 Å². The fraction of sp³-hybridized carbons (Fsp3) is 0.500. The van der Waals surface area contributed by atoms with Gasteiger partial charge in [0, 0.05) is 11.1 Å². The number of nitrogens with one attached hydrogen (secondary N) is 2. The van der Waals surface area contributed by atoms with E-state index in [9.17, 15) is 4.79 Å². The van der Waals surface area contributed by atoms with Crippen molar-refractivity contribution >= 4 is 22.4 Å². The number of rotatable bonds is 3. The Labute approximate surface area is 126 Å². The van der Waals surface area contributed by atoms with Gasteiger partial charge >= 0.3 is 0 Å². The Morgan fingerprint density at radius 1 is 1.43 bits per heavy atom. The van der Waals surface area contributed by atoms with Crippen molar-refractivity contribution in [3.63, 3.8) is 0 Å². The number of aromatic nitrogens is 2. The Morgan fingerprint density at radius 3 is 2.86 bits per heavy atom. The van der Waals surface area contributed by atoms with Crippen molar-refractivity contribution in [1.29, 1.82) is 0 Å². The zero-order valence-corrected chi connectivity index (χ0v) is 12.9. The summed E-state index contributed by atoms with van der Waals surface area (Å²) in [6.45, 7) is 5.58. The van der Waals surface area contributed by atoms with Gasteiger partial charge in [0.05, 0.1) is 5.69 Å². The van der Waals surface area contributed by atoms with E-state index < -0.39 is 0 Å². The molecule has 0 bridgehead atoms. The van der Waals surface area contributed by atoms with E-state index in [1.807, 2.05) is 6.20 Å². The smallest absolute Gasteiger partial charge is 0.262 e. The zero-order chi connectivity index (χ0) is 14.8. The molecule has 6 nitrogen and oxygen atoms in total. The van der Waals surface area contributed by atoms with E-state index in [1.165, 1.54) is 4.88 Å². The summed E-state index contributed by atoms with van der Waals surface area (Å²) in [4.78, 5) is 17.8. The predicted molar refractivity (Wildman–Crippen MR) is 80.9 cm³/mol. The van der Waals surface area contributed by atoms with E-state index in [2.05, 4.69) is 20.8 Å². The van der Waals surface area contributed by atoms with Crippen molar-refractivity contribution in [2.75, 3.05) is 18.4 Å². The number of nitrogens with zero attached hydrogens (tertiary/aromatic N) is 2. The number of hydrogen-bond acceptors (Lipinski definition) is 6. The molecule has 0 aliphatic carbocycles. The molecule has 0 unspecified atom stereocenters. The van der Waals surface area contributed by atoms with Crippen molar-refractivity contribution in [2.45, 2.75) is 32.6 Å². The van der Waals surface area contributed by atoms with Crippen LogP contribution in [0.3, 0.4) is 0 Å². The van der Waals surface area contributed by atoms with Crippen LogP contribution in [0.25, 0.3) is 0 Å². The van der Waals surface area contributed by atoms with E-state index in [0.717, 1.165) is 25.9 Å². The molecule has 0 spiro atoms. The van der Waals surface area contributed by atoms with Gasteiger partial charge in [0.15, 0.2) is 5.13 Å². The SMILES string of the molecule is Cc1noc(C)c1C(=O)Nc1ncc(C2CCNCC2)s1. The third-order valence-electron chi connectivity index (χ3n) is 3.75. The molecule has 21 heavy (non-hydrogen) atoms. The molecule has 2 aromatic heterocycles. The minimum Gasteiger partial charge on any atom is -0.361 e. The maximum atomic E-state index is 12.2. The summed E-state index contributed by atoms with van der Waals surface area (Å²) < 4.78 is 5.02. The highest BCUT2D eigenvalue weighted by atomic mass is 32.1. The molecule has 0 aromatic carbocycles. The monoisotopic (exact) mass is 306 g/mol. The average molecular weight is 306 g/mol. The van der Waals surface area contributed by atoms with Crippen LogP contribution in [-0.2, 0) is 0 Å². The highest BCUT2D eigenvalue weighted by Crippen LogP contribution is 2.32. The highest BCUT2D eigenvalue weighted by Gasteiger charge is 2.21. The minimum atomic E-state index is -0.211. The lowest BCUT2D eigenvalue weighted by Gasteiger charge is -2.20. The topological polar surface area (TPSA) is 80.1 Å². The molecule has 0 saturated carbocycles. The van der Waals surface area contributed by atoms with Crippen LogP contribution in [0.4, 0.5) is 5.13 Å². The Balaban J connectivity index is 1.71. The molecular weight excluding hydrogens is 288 g/mol. The molecule has 3 heterocycles. The number of carbonyl (C=O) groups excluding carboxylic acids is 1. The third kappa shape index (κ3) is 2.98. The number of thiazole rings is 1. The van der Waals surface area contributed by atoms with Crippen molar-refractivity contribution in [3.8, 4) is 0 Å². The fourth-order valence-electron chi connectivity index (χ4n) is 2.61. The molecule has 3 rings (SSSR count). The van der Waals surface area contributed by atoms with Crippen molar-refractivity contribution < 1.29 is 9.32 Å². The van der Waals surface area contributed by atoms with Crippen LogP contribution in [0.15, 0.2) is 10.7 Å².